The zero-order valence-corrected chi connectivity index (χ0v) is 8.46. The van der Waals surface area contributed by atoms with Gasteiger partial charge in [0.25, 0.3) is 0 Å². The highest BCUT2D eigenvalue weighted by Gasteiger charge is 2.09. The lowest BCUT2D eigenvalue weighted by Gasteiger charge is -2.17. The van der Waals surface area contributed by atoms with Crippen LogP contribution in [0, 0.1) is 5.82 Å². The van der Waals surface area contributed by atoms with Gasteiger partial charge in [-0.3, -0.25) is 0 Å². The van der Waals surface area contributed by atoms with E-state index in [1.54, 1.807) is 25.1 Å². The van der Waals surface area contributed by atoms with E-state index in [-0.39, 0.29) is 5.82 Å². The van der Waals surface area contributed by atoms with Crippen molar-refractivity contribution in [2.24, 2.45) is 0 Å². The minimum absolute atomic E-state index is 0.238. The number of carbonyl (C=O) groups excluding carboxylic acids is 1. The molecule has 0 aliphatic heterocycles. The maximum atomic E-state index is 13.4. The first kappa shape index (κ1) is 10.7. The molecule has 0 radical (unpaired) electrons. The van der Waals surface area contributed by atoms with Gasteiger partial charge in [-0.05, 0) is 18.1 Å². The van der Waals surface area contributed by atoms with Gasteiger partial charge in [-0.15, -0.1) is 0 Å². The molecule has 0 atom stereocenters. The minimum Gasteiger partial charge on any atom is -0.375 e. The molecule has 76 valence electrons. The van der Waals surface area contributed by atoms with Crippen LogP contribution in [0.15, 0.2) is 18.2 Å². The van der Waals surface area contributed by atoms with Crippen molar-refractivity contribution in [3.63, 3.8) is 0 Å². The Hall–Kier alpha value is -1.38. The van der Waals surface area contributed by atoms with Gasteiger partial charge < -0.3 is 9.69 Å². The molecule has 0 unspecified atom stereocenters. The number of rotatable bonds is 4. The van der Waals surface area contributed by atoms with E-state index in [9.17, 15) is 9.18 Å². The molecule has 0 saturated carbocycles. The lowest BCUT2D eigenvalue weighted by molar-refractivity contribution is -0.107. The van der Waals surface area contributed by atoms with E-state index in [0.717, 1.165) is 11.8 Å². The van der Waals surface area contributed by atoms with Crippen molar-refractivity contribution in [1.82, 2.24) is 0 Å². The maximum Gasteiger partial charge on any atom is 0.146 e. The lowest BCUT2D eigenvalue weighted by atomic mass is 10.1. The van der Waals surface area contributed by atoms with Gasteiger partial charge >= 0.3 is 0 Å². The van der Waals surface area contributed by atoms with Gasteiger partial charge in [-0.1, -0.05) is 12.1 Å². The third kappa shape index (κ3) is 2.31. The molecule has 3 heteroatoms. The van der Waals surface area contributed by atoms with Crippen LogP contribution in [0.1, 0.15) is 12.0 Å². The first-order chi connectivity index (χ1) is 6.66. The number of carbonyl (C=O) groups is 1. The van der Waals surface area contributed by atoms with Crippen LogP contribution in [0.2, 0.25) is 0 Å². The van der Waals surface area contributed by atoms with Crippen LogP contribution in [0.25, 0.3) is 0 Å². The number of hydrogen-bond donors (Lipinski definition) is 0. The van der Waals surface area contributed by atoms with Crippen LogP contribution in [0.3, 0.4) is 0 Å². The molecule has 0 aliphatic carbocycles. The molecule has 0 fully saturated rings. The smallest absolute Gasteiger partial charge is 0.146 e. The fourth-order valence-corrected chi connectivity index (χ4v) is 1.48. The predicted molar refractivity (Wildman–Crippen MR) is 55.1 cm³/mol. The van der Waals surface area contributed by atoms with Crippen LogP contribution in [-0.2, 0) is 11.2 Å². The van der Waals surface area contributed by atoms with Crippen LogP contribution in [0.5, 0.6) is 0 Å². The van der Waals surface area contributed by atoms with E-state index >= 15 is 0 Å². The SMILES string of the molecule is CN(C)c1c(F)cccc1CCC=O. The average Bonchev–Trinajstić information content (AvgIpc) is 2.14. The Bertz CT molecular complexity index is 323. The summed E-state index contributed by atoms with van der Waals surface area (Å²) in [5.74, 6) is -0.238. The maximum absolute atomic E-state index is 13.4. The summed E-state index contributed by atoms with van der Waals surface area (Å²) < 4.78 is 13.4. The summed E-state index contributed by atoms with van der Waals surface area (Å²) >= 11 is 0. The molecule has 0 amide bonds. The number of para-hydroxylation sites is 1. The van der Waals surface area contributed by atoms with E-state index < -0.39 is 0 Å². The van der Waals surface area contributed by atoms with E-state index in [4.69, 9.17) is 0 Å². The number of halogens is 1. The normalized spacial score (nSPS) is 9.93. The second kappa shape index (κ2) is 4.74. The number of aryl methyl sites for hydroxylation is 1. The summed E-state index contributed by atoms with van der Waals surface area (Å²) in [5.41, 5.74) is 1.46. The molecule has 0 N–H and O–H groups in total. The highest BCUT2D eigenvalue weighted by molar-refractivity contribution is 5.56. The van der Waals surface area contributed by atoms with Gasteiger partial charge in [0.2, 0.25) is 0 Å². The zero-order valence-electron chi connectivity index (χ0n) is 8.46. The Kier molecular flexibility index (Phi) is 3.63. The second-order valence-electron chi connectivity index (χ2n) is 3.35. The van der Waals surface area contributed by atoms with Gasteiger partial charge in [0.05, 0.1) is 5.69 Å². The number of hydrogen-bond acceptors (Lipinski definition) is 2. The molecule has 0 saturated heterocycles. The third-order valence-electron chi connectivity index (χ3n) is 2.05. The monoisotopic (exact) mass is 195 g/mol. The summed E-state index contributed by atoms with van der Waals surface area (Å²) in [7, 11) is 3.59. The van der Waals surface area contributed by atoms with Crippen molar-refractivity contribution in [3.8, 4) is 0 Å². The molecule has 14 heavy (non-hydrogen) atoms. The van der Waals surface area contributed by atoms with Crippen molar-refractivity contribution in [2.75, 3.05) is 19.0 Å². The number of nitrogens with zero attached hydrogens (tertiary/aromatic N) is 1. The molecule has 0 aromatic heterocycles. The molecule has 0 spiro atoms. The van der Waals surface area contributed by atoms with Crippen molar-refractivity contribution in [1.29, 1.82) is 0 Å². The minimum atomic E-state index is -0.238. The van der Waals surface area contributed by atoms with E-state index in [0.29, 0.717) is 18.5 Å². The number of anilines is 1. The van der Waals surface area contributed by atoms with Crippen molar-refractivity contribution >= 4 is 12.0 Å². The standard InChI is InChI=1S/C11H14FNO/c1-13(2)11-9(6-4-8-14)5-3-7-10(11)12/h3,5,7-8H,4,6H2,1-2H3. The topological polar surface area (TPSA) is 20.3 Å². The van der Waals surface area contributed by atoms with Crippen molar-refractivity contribution < 1.29 is 9.18 Å². The van der Waals surface area contributed by atoms with Crippen LogP contribution >= 0.6 is 0 Å². The Morgan fingerprint density at radius 3 is 2.71 bits per heavy atom. The molecule has 2 nitrogen and oxygen atoms in total. The van der Waals surface area contributed by atoms with Gasteiger partial charge in [-0.2, -0.15) is 0 Å². The predicted octanol–water partition coefficient (Wildman–Crippen LogP) is 2.02. The fourth-order valence-electron chi connectivity index (χ4n) is 1.48. The molecule has 0 heterocycles. The summed E-state index contributed by atoms with van der Waals surface area (Å²) in [6.07, 6.45) is 1.88. The molecule has 1 aromatic rings. The van der Waals surface area contributed by atoms with Crippen LogP contribution in [-0.4, -0.2) is 20.4 Å². The first-order valence-electron chi connectivity index (χ1n) is 4.55. The van der Waals surface area contributed by atoms with Crippen molar-refractivity contribution in [3.05, 3.63) is 29.6 Å². The van der Waals surface area contributed by atoms with Crippen molar-refractivity contribution in [2.45, 2.75) is 12.8 Å². The number of benzene rings is 1. The Balaban J connectivity index is 3.01. The summed E-state index contributed by atoms with van der Waals surface area (Å²) in [5, 5.41) is 0. The highest BCUT2D eigenvalue weighted by atomic mass is 19.1. The lowest BCUT2D eigenvalue weighted by Crippen LogP contribution is -2.13. The molecule has 0 aliphatic rings. The highest BCUT2D eigenvalue weighted by Crippen LogP contribution is 2.23. The zero-order chi connectivity index (χ0) is 10.6. The molecule has 1 rings (SSSR count). The van der Waals surface area contributed by atoms with Gasteiger partial charge in [0.15, 0.2) is 0 Å². The molecule has 1 aromatic carbocycles. The Morgan fingerprint density at radius 1 is 1.43 bits per heavy atom. The second-order valence-corrected chi connectivity index (χ2v) is 3.35. The molecular formula is C11H14FNO. The Labute approximate surface area is 83.3 Å². The van der Waals surface area contributed by atoms with Gasteiger partial charge in [-0.25, -0.2) is 4.39 Å². The largest absolute Gasteiger partial charge is 0.375 e. The van der Waals surface area contributed by atoms with E-state index in [2.05, 4.69) is 0 Å². The molecule has 0 bridgehead atoms. The van der Waals surface area contributed by atoms with E-state index in [1.807, 2.05) is 6.07 Å². The van der Waals surface area contributed by atoms with Crippen LogP contribution < -0.4 is 4.90 Å². The average molecular weight is 195 g/mol. The Morgan fingerprint density at radius 2 is 2.14 bits per heavy atom. The quantitative estimate of drug-likeness (QED) is 0.685. The summed E-state index contributed by atoms with van der Waals surface area (Å²) in [6, 6.07) is 4.95. The molecular weight excluding hydrogens is 181 g/mol. The summed E-state index contributed by atoms with van der Waals surface area (Å²) in [6.45, 7) is 0. The van der Waals surface area contributed by atoms with Gasteiger partial charge in [0.1, 0.15) is 12.1 Å². The van der Waals surface area contributed by atoms with Gasteiger partial charge in [0, 0.05) is 20.5 Å². The number of aldehydes is 1. The van der Waals surface area contributed by atoms with E-state index in [1.165, 1.54) is 6.07 Å². The van der Waals surface area contributed by atoms with Crippen LogP contribution in [0.4, 0.5) is 10.1 Å². The summed E-state index contributed by atoms with van der Waals surface area (Å²) in [4.78, 5) is 12.0. The fraction of sp³-hybridized carbons (Fsp3) is 0.364. The first-order valence-corrected chi connectivity index (χ1v) is 4.55. The third-order valence-corrected chi connectivity index (χ3v) is 2.05.